The van der Waals surface area contributed by atoms with Crippen LogP contribution in [0.5, 0.6) is 5.75 Å². The number of hydrogen-bond acceptors (Lipinski definition) is 4. The lowest BCUT2D eigenvalue weighted by Crippen LogP contribution is -2.26. The SMILES string of the molecule is COc1cc(-n2cccc2)c(Cl)cc1C(=O)NCCCS(=O)(=O)Cc1ccccc1. The van der Waals surface area contributed by atoms with Crippen molar-refractivity contribution in [3.8, 4) is 11.4 Å². The van der Waals surface area contributed by atoms with E-state index >= 15 is 0 Å². The number of methoxy groups -OCH3 is 1. The topological polar surface area (TPSA) is 77.4 Å². The zero-order chi connectivity index (χ0) is 21.6. The van der Waals surface area contributed by atoms with Gasteiger partial charge in [0.1, 0.15) is 5.75 Å². The minimum absolute atomic E-state index is 0.00731. The predicted molar refractivity (Wildman–Crippen MR) is 118 cm³/mol. The van der Waals surface area contributed by atoms with E-state index in [0.29, 0.717) is 28.4 Å². The smallest absolute Gasteiger partial charge is 0.255 e. The molecule has 0 aliphatic heterocycles. The molecule has 0 atom stereocenters. The van der Waals surface area contributed by atoms with E-state index in [1.807, 2.05) is 47.3 Å². The van der Waals surface area contributed by atoms with Gasteiger partial charge in [-0.05, 0) is 30.2 Å². The highest BCUT2D eigenvalue weighted by atomic mass is 35.5. The van der Waals surface area contributed by atoms with Crippen molar-refractivity contribution in [2.45, 2.75) is 12.2 Å². The zero-order valence-corrected chi connectivity index (χ0v) is 18.1. The first-order valence-electron chi connectivity index (χ1n) is 9.43. The quantitative estimate of drug-likeness (QED) is 0.506. The first-order chi connectivity index (χ1) is 14.4. The summed E-state index contributed by atoms with van der Waals surface area (Å²) in [5.41, 5.74) is 1.75. The maximum Gasteiger partial charge on any atom is 0.255 e. The fourth-order valence-corrected chi connectivity index (χ4v) is 4.76. The molecule has 158 valence electrons. The summed E-state index contributed by atoms with van der Waals surface area (Å²) >= 11 is 6.36. The molecule has 0 unspecified atom stereocenters. The molecule has 6 nitrogen and oxygen atoms in total. The number of rotatable bonds is 9. The Bertz CT molecular complexity index is 1100. The van der Waals surface area contributed by atoms with E-state index in [9.17, 15) is 13.2 Å². The van der Waals surface area contributed by atoms with Crippen molar-refractivity contribution >= 4 is 27.3 Å². The van der Waals surface area contributed by atoms with E-state index in [2.05, 4.69) is 5.32 Å². The number of hydrogen-bond donors (Lipinski definition) is 1. The Hall–Kier alpha value is -2.77. The summed E-state index contributed by atoms with van der Waals surface area (Å²) in [6.45, 7) is 0.229. The van der Waals surface area contributed by atoms with Gasteiger partial charge in [-0.2, -0.15) is 0 Å². The van der Waals surface area contributed by atoms with Crippen LogP contribution in [0.2, 0.25) is 5.02 Å². The van der Waals surface area contributed by atoms with Crippen LogP contribution in [-0.4, -0.2) is 38.3 Å². The zero-order valence-electron chi connectivity index (χ0n) is 16.5. The van der Waals surface area contributed by atoms with Crippen molar-refractivity contribution in [3.05, 3.63) is 83.1 Å². The Labute approximate surface area is 181 Å². The fraction of sp³-hybridized carbons (Fsp3) is 0.227. The maximum atomic E-state index is 12.6. The molecule has 1 aromatic heterocycles. The molecule has 1 amide bonds. The molecule has 8 heteroatoms. The van der Waals surface area contributed by atoms with Gasteiger partial charge in [0.2, 0.25) is 0 Å². The summed E-state index contributed by atoms with van der Waals surface area (Å²) in [6.07, 6.45) is 4.00. The Morgan fingerprint density at radius 2 is 1.80 bits per heavy atom. The molecule has 0 aliphatic carbocycles. The molecule has 0 spiro atoms. The molecular formula is C22H23ClN2O4S. The average Bonchev–Trinajstić information content (AvgIpc) is 3.26. The molecule has 0 aliphatic rings. The summed E-state index contributed by atoms with van der Waals surface area (Å²) in [6, 6.07) is 16.0. The first kappa shape index (κ1) is 21.9. The Balaban J connectivity index is 1.59. The van der Waals surface area contributed by atoms with Gasteiger partial charge in [-0.25, -0.2) is 8.42 Å². The van der Waals surface area contributed by atoms with E-state index in [4.69, 9.17) is 16.3 Å². The Kier molecular flexibility index (Phi) is 7.18. The van der Waals surface area contributed by atoms with E-state index < -0.39 is 9.84 Å². The number of carbonyl (C=O) groups is 1. The summed E-state index contributed by atoms with van der Waals surface area (Å²) in [5, 5.41) is 3.15. The Morgan fingerprint density at radius 1 is 1.10 bits per heavy atom. The largest absolute Gasteiger partial charge is 0.496 e. The van der Waals surface area contributed by atoms with E-state index in [1.165, 1.54) is 7.11 Å². The molecule has 3 rings (SSSR count). The number of amides is 1. The molecule has 0 saturated heterocycles. The molecule has 0 saturated carbocycles. The van der Waals surface area contributed by atoms with Crippen LogP contribution in [0.25, 0.3) is 5.69 Å². The van der Waals surface area contributed by atoms with Crippen LogP contribution in [0.1, 0.15) is 22.3 Å². The van der Waals surface area contributed by atoms with Crippen LogP contribution in [-0.2, 0) is 15.6 Å². The van der Waals surface area contributed by atoms with Gasteiger partial charge in [0, 0.05) is 25.0 Å². The molecular weight excluding hydrogens is 424 g/mol. The minimum atomic E-state index is -3.25. The number of nitrogens with one attached hydrogen (secondary N) is 1. The number of sulfone groups is 1. The minimum Gasteiger partial charge on any atom is -0.496 e. The van der Waals surface area contributed by atoms with Crippen molar-refractivity contribution in [1.82, 2.24) is 9.88 Å². The third kappa shape index (κ3) is 5.64. The van der Waals surface area contributed by atoms with Gasteiger partial charge in [0.25, 0.3) is 5.91 Å². The van der Waals surface area contributed by atoms with Crippen LogP contribution < -0.4 is 10.1 Å². The Morgan fingerprint density at radius 3 is 2.47 bits per heavy atom. The highest BCUT2D eigenvalue weighted by molar-refractivity contribution is 7.90. The number of benzene rings is 2. The van der Waals surface area contributed by atoms with E-state index in [0.717, 1.165) is 5.56 Å². The number of carbonyl (C=O) groups excluding carboxylic acids is 1. The molecule has 30 heavy (non-hydrogen) atoms. The van der Waals surface area contributed by atoms with Crippen LogP contribution in [0.4, 0.5) is 0 Å². The van der Waals surface area contributed by atoms with Crippen molar-refractivity contribution in [2.75, 3.05) is 19.4 Å². The second-order valence-corrected chi connectivity index (χ2v) is 9.37. The molecule has 3 aromatic rings. The van der Waals surface area contributed by atoms with Crippen LogP contribution in [0, 0.1) is 0 Å². The lowest BCUT2D eigenvalue weighted by Gasteiger charge is -2.13. The van der Waals surface area contributed by atoms with Gasteiger partial charge in [0.15, 0.2) is 9.84 Å². The van der Waals surface area contributed by atoms with Crippen molar-refractivity contribution < 1.29 is 17.9 Å². The monoisotopic (exact) mass is 446 g/mol. The molecule has 0 fully saturated rings. The molecule has 0 radical (unpaired) electrons. The van der Waals surface area contributed by atoms with Gasteiger partial charge in [-0.3, -0.25) is 4.79 Å². The summed E-state index contributed by atoms with van der Waals surface area (Å²) in [5.74, 6) is 0.00387. The van der Waals surface area contributed by atoms with Gasteiger partial charge in [0.05, 0.1) is 34.9 Å². The second-order valence-electron chi connectivity index (χ2n) is 6.78. The van der Waals surface area contributed by atoms with Crippen LogP contribution >= 0.6 is 11.6 Å². The standard InChI is InChI=1S/C22H23ClN2O4S/c1-29-21-15-20(25-11-5-6-12-25)19(23)14-18(21)22(26)24-10-7-13-30(27,28)16-17-8-3-2-4-9-17/h2-6,8-9,11-12,14-15H,7,10,13,16H2,1H3,(H,24,26). The number of nitrogens with zero attached hydrogens (tertiary/aromatic N) is 1. The van der Waals surface area contributed by atoms with E-state index in [1.54, 1.807) is 24.3 Å². The average molecular weight is 447 g/mol. The fourth-order valence-electron chi connectivity index (χ4n) is 3.07. The summed E-state index contributed by atoms with van der Waals surface area (Å²) in [4.78, 5) is 12.6. The van der Waals surface area contributed by atoms with E-state index in [-0.39, 0.29) is 24.0 Å². The second kappa shape index (κ2) is 9.82. The van der Waals surface area contributed by atoms with Crippen molar-refractivity contribution in [2.24, 2.45) is 0 Å². The van der Waals surface area contributed by atoms with Gasteiger partial charge >= 0.3 is 0 Å². The van der Waals surface area contributed by atoms with Crippen LogP contribution in [0.3, 0.4) is 0 Å². The van der Waals surface area contributed by atoms with Crippen molar-refractivity contribution in [1.29, 1.82) is 0 Å². The number of halogens is 1. The lowest BCUT2D eigenvalue weighted by molar-refractivity contribution is 0.0950. The third-order valence-electron chi connectivity index (χ3n) is 4.54. The van der Waals surface area contributed by atoms with Crippen molar-refractivity contribution in [3.63, 3.8) is 0 Å². The molecule has 0 bridgehead atoms. The third-order valence-corrected chi connectivity index (χ3v) is 6.53. The lowest BCUT2D eigenvalue weighted by atomic mass is 10.1. The maximum absolute atomic E-state index is 12.6. The molecule has 1 heterocycles. The van der Waals surface area contributed by atoms with Crippen LogP contribution in [0.15, 0.2) is 67.0 Å². The normalized spacial score (nSPS) is 11.3. The van der Waals surface area contributed by atoms with Gasteiger partial charge in [-0.1, -0.05) is 41.9 Å². The predicted octanol–water partition coefficient (Wildman–Crippen LogP) is 3.87. The number of aromatic nitrogens is 1. The highest BCUT2D eigenvalue weighted by Crippen LogP contribution is 2.30. The first-order valence-corrected chi connectivity index (χ1v) is 11.6. The highest BCUT2D eigenvalue weighted by Gasteiger charge is 2.17. The van der Waals surface area contributed by atoms with Gasteiger partial charge < -0.3 is 14.6 Å². The summed E-state index contributed by atoms with van der Waals surface area (Å²) in [7, 11) is -1.77. The summed E-state index contributed by atoms with van der Waals surface area (Å²) < 4.78 is 31.7. The number of ether oxygens (including phenoxy) is 1. The molecule has 1 N–H and O–H groups in total. The molecule has 2 aromatic carbocycles. The van der Waals surface area contributed by atoms with Gasteiger partial charge in [-0.15, -0.1) is 0 Å².